The Labute approximate surface area is 117 Å². The molecule has 0 radical (unpaired) electrons. The highest BCUT2D eigenvalue weighted by molar-refractivity contribution is 5.89. The molecule has 6 heteroatoms. The second-order valence-corrected chi connectivity index (χ2v) is 4.75. The molecule has 19 heavy (non-hydrogen) atoms. The summed E-state index contributed by atoms with van der Waals surface area (Å²) in [5.41, 5.74) is 5.76. The lowest BCUT2D eigenvalue weighted by Crippen LogP contribution is -2.43. The van der Waals surface area contributed by atoms with Gasteiger partial charge in [-0.15, -0.1) is 12.4 Å². The number of carbonyl (C=O) groups is 1. The van der Waals surface area contributed by atoms with Crippen LogP contribution in [-0.2, 0) is 4.79 Å². The zero-order valence-corrected chi connectivity index (χ0v) is 11.7. The number of halogens is 2. The molecule has 0 aromatic heterocycles. The van der Waals surface area contributed by atoms with Crippen molar-refractivity contribution in [2.45, 2.75) is 31.3 Å². The molecule has 4 nitrogen and oxygen atoms in total. The van der Waals surface area contributed by atoms with E-state index in [4.69, 9.17) is 10.5 Å². The van der Waals surface area contributed by atoms with Crippen LogP contribution in [0.5, 0.6) is 5.75 Å². The van der Waals surface area contributed by atoms with Gasteiger partial charge in [0.25, 0.3) is 0 Å². The minimum absolute atomic E-state index is 0. The van der Waals surface area contributed by atoms with Crippen LogP contribution in [0.25, 0.3) is 0 Å². The van der Waals surface area contributed by atoms with E-state index in [0.717, 1.165) is 0 Å². The van der Waals surface area contributed by atoms with E-state index < -0.39 is 11.4 Å². The summed E-state index contributed by atoms with van der Waals surface area (Å²) >= 11 is 0. The average molecular weight is 289 g/mol. The van der Waals surface area contributed by atoms with Crippen LogP contribution in [0.1, 0.15) is 31.4 Å². The molecule has 1 unspecified atom stereocenters. The van der Waals surface area contributed by atoms with Gasteiger partial charge in [-0.2, -0.15) is 0 Å². The van der Waals surface area contributed by atoms with Crippen LogP contribution in [-0.4, -0.2) is 18.6 Å². The maximum atomic E-state index is 13.5. The first kappa shape index (κ1) is 15.7. The van der Waals surface area contributed by atoms with E-state index in [9.17, 15) is 9.18 Å². The molecule has 1 aliphatic rings. The Bertz CT molecular complexity index is 478. The molecular formula is C13H18ClFN2O2. The molecule has 106 valence electrons. The van der Waals surface area contributed by atoms with Gasteiger partial charge in [0.15, 0.2) is 11.6 Å². The Hall–Kier alpha value is -1.33. The summed E-state index contributed by atoms with van der Waals surface area (Å²) in [6, 6.07) is 4.35. The number of nitrogens with two attached hydrogens (primary N) is 1. The van der Waals surface area contributed by atoms with Gasteiger partial charge in [-0.05, 0) is 37.5 Å². The summed E-state index contributed by atoms with van der Waals surface area (Å²) in [7, 11) is 1.41. The number of amides is 1. The monoisotopic (exact) mass is 288 g/mol. The van der Waals surface area contributed by atoms with E-state index in [-0.39, 0.29) is 30.1 Å². The van der Waals surface area contributed by atoms with Crippen molar-refractivity contribution < 1.29 is 13.9 Å². The zero-order chi connectivity index (χ0) is 13.3. The third kappa shape index (κ3) is 3.36. The third-order valence-corrected chi connectivity index (χ3v) is 3.26. The van der Waals surface area contributed by atoms with E-state index in [1.807, 2.05) is 0 Å². The van der Waals surface area contributed by atoms with Crippen molar-refractivity contribution in [3.8, 4) is 5.75 Å². The van der Waals surface area contributed by atoms with Gasteiger partial charge in [0, 0.05) is 0 Å². The van der Waals surface area contributed by atoms with Gasteiger partial charge in [0.2, 0.25) is 5.91 Å². The topological polar surface area (TPSA) is 64.3 Å². The summed E-state index contributed by atoms with van der Waals surface area (Å²) in [4.78, 5) is 11.8. The first-order valence-electron chi connectivity index (χ1n) is 5.89. The second kappa shape index (κ2) is 5.75. The highest BCUT2D eigenvalue weighted by atomic mass is 35.5. The Morgan fingerprint density at radius 2 is 2.16 bits per heavy atom. The molecule has 1 aromatic rings. The molecule has 1 aliphatic carbocycles. The van der Waals surface area contributed by atoms with Crippen LogP contribution in [0.3, 0.4) is 0 Å². The van der Waals surface area contributed by atoms with Crippen molar-refractivity contribution in [1.82, 2.24) is 5.32 Å². The number of carbonyl (C=O) groups excluding carboxylic acids is 1. The molecule has 0 spiro atoms. The van der Waals surface area contributed by atoms with Gasteiger partial charge in [0.1, 0.15) is 0 Å². The van der Waals surface area contributed by atoms with Crippen LogP contribution in [0.15, 0.2) is 18.2 Å². The number of ether oxygens (including phenoxy) is 1. The van der Waals surface area contributed by atoms with E-state index in [1.54, 1.807) is 19.1 Å². The van der Waals surface area contributed by atoms with Crippen molar-refractivity contribution in [1.29, 1.82) is 0 Å². The van der Waals surface area contributed by atoms with Crippen LogP contribution in [0.2, 0.25) is 0 Å². The third-order valence-electron chi connectivity index (χ3n) is 3.26. The largest absolute Gasteiger partial charge is 0.494 e. The highest BCUT2D eigenvalue weighted by Crippen LogP contribution is 2.33. The lowest BCUT2D eigenvalue weighted by atomic mass is 10.1. The number of nitrogens with one attached hydrogen (secondary N) is 1. The Morgan fingerprint density at radius 3 is 2.63 bits per heavy atom. The van der Waals surface area contributed by atoms with Crippen molar-refractivity contribution in [2.24, 2.45) is 5.73 Å². The predicted octanol–water partition coefficient (Wildman–Crippen LogP) is 1.92. The van der Waals surface area contributed by atoms with Crippen LogP contribution in [0.4, 0.5) is 4.39 Å². The van der Waals surface area contributed by atoms with Crippen molar-refractivity contribution >= 4 is 18.3 Å². The molecule has 0 heterocycles. The number of benzene rings is 1. The van der Waals surface area contributed by atoms with Gasteiger partial charge in [-0.3, -0.25) is 4.79 Å². The zero-order valence-electron chi connectivity index (χ0n) is 10.9. The van der Waals surface area contributed by atoms with Gasteiger partial charge < -0.3 is 15.8 Å². The van der Waals surface area contributed by atoms with Crippen molar-refractivity contribution in [3.05, 3.63) is 29.6 Å². The summed E-state index contributed by atoms with van der Waals surface area (Å²) in [6.45, 7) is 1.80. The maximum Gasteiger partial charge on any atom is 0.240 e. The van der Waals surface area contributed by atoms with Crippen molar-refractivity contribution in [3.63, 3.8) is 0 Å². The lowest BCUT2D eigenvalue weighted by Gasteiger charge is -2.17. The lowest BCUT2D eigenvalue weighted by molar-refractivity contribution is -0.123. The highest BCUT2D eigenvalue weighted by Gasteiger charge is 2.46. The van der Waals surface area contributed by atoms with E-state index in [2.05, 4.69) is 5.32 Å². The fourth-order valence-corrected chi connectivity index (χ4v) is 1.74. The van der Waals surface area contributed by atoms with Gasteiger partial charge in [-0.1, -0.05) is 6.07 Å². The Balaban J connectivity index is 0.00000180. The van der Waals surface area contributed by atoms with Crippen molar-refractivity contribution in [2.75, 3.05) is 7.11 Å². The van der Waals surface area contributed by atoms with Crippen LogP contribution in [0, 0.1) is 5.82 Å². The number of methoxy groups -OCH3 is 1. The molecule has 0 bridgehead atoms. The minimum Gasteiger partial charge on any atom is -0.494 e. The second-order valence-electron chi connectivity index (χ2n) is 4.75. The molecule has 1 saturated carbocycles. The average Bonchev–Trinajstić information content (AvgIpc) is 3.08. The SMILES string of the molecule is COc1ccc(C(C)NC(=O)C2(N)CC2)cc1F.Cl. The minimum atomic E-state index is -0.709. The number of rotatable bonds is 4. The standard InChI is InChI=1S/C13H17FN2O2.ClH/c1-8(16-12(17)13(15)5-6-13)9-3-4-11(18-2)10(14)7-9;/h3-4,7-8H,5-6,15H2,1-2H3,(H,16,17);1H. The fourth-order valence-electron chi connectivity index (χ4n) is 1.74. The molecule has 1 fully saturated rings. The first-order valence-corrected chi connectivity index (χ1v) is 5.89. The summed E-state index contributed by atoms with van der Waals surface area (Å²) in [6.07, 6.45) is 1.42. The summed E-state index contributed by atoms with van der Waals surface area (Å²) < 4.78 is 18.4. The Morgan fingerprint density at radius 1 is 1.53 bits per heavy atom. The first-order chi connectivity index (χ1) is 8.46. The fraction of sp³-hybridized carbons (Fsp3) is 0.462. The normalized spacial score (nSPS) is 17.1. The van der Waals surface area contributed by atoms with E-state index >= 15 is 0 Å². The number of hydrogen-bond acceptors (Lipinski definition) is 3. The maximum absolute atomic E-state index is 13.5. The molecule has 3 N–H and O–H groups in total. The Kier molecular flexibility index (Phi) is 4.76. The quantitative estimate of drug-likeness (QED) is 0.890. The predicted molar refractivity (Wildman–Crippen MR) is 72.9 cm³/mol. The smallest absolute Gasteiger partial charge is 0.240 e. The molecular weight excluding hydrogens is 271 g/mol. The van der Waals surface area contributed by atoms with Gasteiger partial charge in [-0.25, -0.2) is 4.39 Å². The van der Waals surface area contributed by atoms with Gasteiger partial charge >= 0.3 is 0 Å². The summed E-state index contributed by atoms with van der Waals surface area (Å²) in [5, 5.41) is 2.79. The van der Waals surface area contributed by atoms with E-state index in [0.29, 0.717) is 18.4 Å². The molecule has 1 aromatic carbocycles. The van der Waals surface area contributed by atoms with Crippen LogP contribution < -0.4 is 15.8 Å². The van der Waals surface area contributed by atoms with E-state index in [1.165, 1.54) is 13.2 Å². The molecule has 1 atom stereocenters. The molecule has 1 amide bonds. The van der Waals surface area contributed by atoms with Gasteiger partial charge in [0.05, 0.1) is 18.7 Å². The van der Waals surface area contributed by atoms with Crippen LogP contribution >= 0.6 is 12.4 Å². The summed E-state index contributed by atoms with van der Waals surface area (Å²) in [5.74, 6) is -0.425. The molecule has 2 rings (SSSR count). The number of hydrogen-bond donors (Lipinski definition) is 2. The molecule has 0 saturated heterocycles. The molecule has 0 aliphatic heterocycles.